The SMILES string of the molecule is O=C(Nc1ccc2c(c1)N(C(=O)c1ccco1)CCC2)c1ccc([N+](=O)[O-])cc1. The minimum atomic E-state index is -0.518. The summed E-state index contributed by atoms with van der Waals surface area (Å²) in [7, 11) is 0. The van der Waals surface area contributed by atoms with E-state index in [-0.39, 0.29) is 23.3 Å². The van der Waals surface area contributed by atoms with Gasteiger partial charge in [-0.05, 0) is 54.8 Å². The van der Waals surface area contributed by atoms with Gasteiger partial charge >= 0.3 is 0 Å². The number of aryl methyl sites for hydroxylation is 1. The van der Waals surface area contributed by atoms with E-state index < -0.39 is 4.92 Å². The van der Waals surface area contributed by atoms with Crippen LogP contribution < -0.4 is 10.2 Å². The van der Waals surface area contributed by atoms with E-state index in [1.165, 1.54) is 30.5 Å². The van der Waals surface area contributed by atoms with E-state index in [2.05, 4.69) is 5.32 Å². The van der Waals surface area contributed by atoms with Gasteiger partial charge in [0.05, 0.1) is 11.2 Å². The number of nitro groups is 1. The summed E-state index contributed by atoms with van der Waals surface area (Å²) in [6, 6.07) is 14.1. The lowest BCUT2D eigenvalue weighted by molar-refractivity contribution is -0.384. The van der Waals surface area contributed by atoms with E-state index in [1.54, 1.807) is 29.2 Å². The molecule has 146 valence electrons. The number of fused-ring (bicyclic) bond motifs is 1. The average Bonchev–Trinajstić information content (AvgIpc) is 3.27. The van der Waals surface area contributed by atoms with Crippen molar-refractivity contribution in [2.24, 2.45) is 0 Å². The summed E-state index contributed by atoms with van der Waals surface area (Å²) < 4.78 is 5.23. The zero-order chi connectivity index (χ0) is 20.4. The number of carbonyl (C=O) groups excluding carboxylic acids is 2. The number of rotatable bonds is 4. The van der Waals surface area contributed by atoms with Gasteiger partial charge in [-0.1, -0.05) is 6.07 Å². The smallest absolute Gasteiger partial charge is 0.293 e. The van der Waals surface area contributed by atoms with Crippen molar-refractivity contribution in [2.45, 2.75) is 12.8 Å². The predicted molar refractivity (Wildman–Crippen MR) is 106 cm³/mol. The molecular weight excluding hydrogens is 374 g/mol. The maximum absolute atomic E-state index is 12.8. The van der Waals surface area contributed by atoms with E-state index >= 15 is 0 Å². The Bertz CT molecular complexity index is 1070. The van der Waals surface area contributed by atoms with Crippen LogP contribution in [-0.2, 0) is 6.42 Å². The summed E-state index contributed by atoms with van der Waals surface area (Å²) in [6.07, 6.45) is 3.14. The number of hydrogen-bond donors (Lipinski definition) is 1. The molecule has 1 aromatic heterocycles. The van der Waals surface area contributed by atoms with Crippen molar-refractivity contribution >= 4 is 28.9 Å². The van der Waals surface area contributed by atoms with Crippen LogP contribution in [-0.4, -0.2) is 23.3 Å². The third-order valence-corrected chi connectivity index (χ3v) is 4.78. The largest absolute Gasteiger partial charge is 0.459 e. The van der Waals surface area contributed by atoms with Gasteiger partial charge in [0, 0.05) is 35.6 Å². The van der Waals surface area contributed by atoms with Crippen LogP contribution >= 0.6 is 0 Å². The molecular formula is C21H17N3O5. The van der Waals surface area contributed by atoms with Crippen molar-refractivity contribution < 1.29 is 18.9 Å². The van der Waals surface area contributed by atoms with E-state index in [9.17, 15) is 19.7 Å². The molecule has 8 heteroatoms. The number of amides is 2. The quantitative estimate of drug-likeness (QED) is 0.534. The molecule has 1 aliphatic rings. The van der Waals surface area contributed by atoms with E-state index in [4.69, 9.17) is 4.42 Å². The number of nitrogens with zero attached hydrogens (tertiary/aromatic N) is 2. The van der Waals surface area contributed by atoms with Crippen molar-refractivity contribution in [3.8, 4) is 0 Å². The molecule has 1 aliphatic heterocycles. The predicted octanol–water partition coefficient (Wildman–Crippen LogP) is 4.03. The first-order valence-electron chi connectivity index (χ1n) is 9.07. The number of furan rings is 1. The summed E-state index contributed by atoms with van der Waals surface area (Å²) in [6.45, 7) is 0.562. The minimum absolute atomic E-state index is 0.0811. The monoisotopic (exact) mass is 391 g/mol. The van der Waals surface area contributed by atoms with Crippen LogP contribution in [0.4, 0.5) is 17.1 Å². The molecule has 0 saturated heterocycles. The van der Waals surface area contributed by atoms with Crippen LogP contribution in [0, 0.1) is 10.1 Å². The molecule has 0 spiro atoms. The first-order valence-corrected chi connectivity index (χ1v) is 9.07. The van der Waals surface area contributed by atoms with Gasteiger partial charge in [-0.25, -0.2) is 0 Å². The fraction of sp³-hybridized carbons (Fsp3) is 0.143. The third kappa shape index (κ3) is 3.73. The first kappa shape index (κ1) is 18.4. The van der Waals surface area contributed by atoms with Gasteiger partial charge < -0.3 is 14.6 Å². The molecule has 2 heterocycles. The molecule has 4 rings (SSSR count). The summed E-state index contributed by atoms with van der Waals surface area (Å²) in [5.41, 5.74) is 2.51. The molecule has 0 fully saturated rings. The minimum Gasteiger partial charge on any atom is -0.459 e. The van der Waals surface area contributed by atoms with Gasteiger partial charge in [-0.3, -0.25) is 19.7 Å². The number of carbonyl (C=O) groups is 2. The first-order chi connectivity index (χ1) is 14.0. The van der Waals surface area contributed by atoms with Crippen molar-refractivity contribution in [1.29, 1.82) is 0 Å². The molecule has 0 bridgehead atoms. The molecule has 0 radical (unpaired) electrons. The fourth-order valence-corrected chi connectivity index (χ4v) is 3.33. The molecule has 2 amide bonds. The molecule has 29 heavy (non-hydrogen) atoms. The average molecular weight is 391 g/mol. The van der Waals surface area contributed by atoms with Gasteiger partial charge in [0.25, 0.3) is 17.5 Å². The maximum Gasteiger partial charge on any atom is 0.293 e. The van der Waals surface area contributed by atoms with E-state index in [1.807, 2.05) is 6.07 Å². The molecule has 0 unspecified atom stereocenters. The lowest BCUT2D eigenvalue weighted by atomic mass is 10.0. The number of non-ortho nitro benzene ring substituents is 1. The standard InChI is InChI=1S/C21H17N3O5/c25-20(15-6-9-17(10-7-15)24(27)28)22-16-8-5-14-3-1-11-23(18(14)13-16)21(26)19-4-2-12-29-19/h2,4-10,12-13H,1,3,11H2,(H,22,25). The zero-order valence-electron chi connectivity index (χ0n) is 15.3. The summed E-state index contributed by atoms with van der Waals surface area (Å²) >= 11 is 0. The number of nitrogens with one attached hydrogen (secondary N) is 1. The van der Waals surface area contributed by atoms with Crippen LogP contribution in [0.25, 0.3) is 0 Å². The Hall–Kier alpha value is -3.94. The Morgan fingerprint density at radius 2 is 1.90 bits per heavy atom. The summed E-state index contributed by atoms with van der Waals surface area (Å²) in [5.74, 6) is -0.354. The van der Waals surface area contributed by atoms with Crippen LogP contribution in [0.15, 0.2) is 65.3 Å². The molecule has 1 N–H and O–H groups in total. The van der Waals surface area contributed by atoms with Gasteiger partial charge in [-0.2, -0.15) is 0 Å². The Morgan fingerprint density at radius 1 is 1.10 bits per heavy atom. The Kier molecular flexibility index (Phi) is 4.82. The Balaban J connectivity index is 1.57. The number of anilines is 2. The summed E-state index contributed by atoms with van der Waals surface area (Å²) in [4.78, 5) is 37.1. The second kappa shape index (κ2) is 7.59. The number of benzene rings is 2. The molecule has 0 saturated carbocycles. The highest BCUT2D eigenvalue weighted by Gasteiger charge is 2.25. The normalized spacial score (nSPS) is 12.9. The highest BCUT2D eigenvalue weighted by molar-refractivity contribution is 6.07. The topological polar surface area (TPSA) is 106 Å². The Labute approximate surface area is 165 Å². The van der Waals surface area contributed by atoms with Crippen LogP contribution in [0.5, 0.6) is 0 Å². The summed E-state index contributed by atoms with van der Waals surface area (Å²) in [5, 5.41) is 13.5. The van der Waals surface area contributed by atoms with Crippen molar-refractivity contribution in [3.63, 3.8) is 0 Å². The van der Waals surface area contributed by atoms with Gasteiger partial charge in [0.2, 0.25) is 0 Å². The lowest BCUT2D eigenvalue weighted by Gasteiger charge is -2.29. The molecule has 3 aromatic rings. The van der Waals surface area contributed by atoms with E-state index in [0.717, 1.165) is 24.1 Å². The number of hydrogen-bond acceptors (Lipinski definition) is 5. The van der Waals surface area contributed by atoms with Gasteiger partial charge in [0.1, 0.15) is 0 Å². The Morgan fingerprint density at radius 3 is 2.59 bits per heavy atom. The van der Waals surface area contributed by atoms with E-state index in [0.29, 0.717) is 17.8 Å². The maximum atomic E-state index is 12.8. The third-order valence-electron chi connectivity index (χ3n) is 4.78. The van der Waals surface area contributed by atoms with Crippen LogP contribution in [0.3, 0.4) is 0 Å². The lowest BCUT2D eigenvalue weighted by Crippen LogP contribution is -2.35. The molecule has 0 atom stereocenters. The zero-order valence-corrected chi connectivity index (χ0v) is 15.3. The highest BCUT2D eigenvalue weighted by Crippen LogP contribution is 2.31. The van der Waals surface area contributed by atoms with Crippen molar-refractivity contribution in [3.05, 3.63) is 87.9 Å². The van der Waals surface area contributed by atoms with Crippen molar-refractivity contribution in [2.75, 3.05) is 16.8 Å². The fourth-order valence-electron chi connectivity index (χ4n) is 3.33. The number of nitro benzene ring substituents is 1. The van der Waals surface area contributed by atoms with Crippen LogP contribution in [0.1, 0.15) is 32.9 Å². The highest BCUT2D eigenvalue weighted by atomic mass is 16.6. The molecule has 8 nitrogen and oxygen atoms in total. The molecule has 2 aromatic carbocycles. The second-order valence-corrected chi connectivity index (χ2v) is 6.64. The second-order valence-electron chi connectivity index (χ2n) is 6.64. The van der Waals surface area contributed by atoms with Gasteiger partial charge in [0.15, 0.2) is 5.76 Å². The van der Waals surface area contributed by atoms with Crippen LogP contribution in [0.2, 0.25) is 0 Å². The van der Waals surface area contributed by atoms with Crippen molar-refractivity contribution in [1.82, 2.24) is 0 Å². The molecule has 0 aliphatic carbocycles. The van der Waals surface area contributed by atoms with Gasteiger partial charge in [-0.15, -0.1) is 0 Å².